The topological polar surface area (TPSA) is 54.4 Å². The van der Waals surface area contributed by atoms with Crippen LogP contribution in [0.1, 0.15) is 26.7 Å². The fourth-order valence-electron chi connectivity index (χ4n) is 1.17. The monoisotopic (exact) mass is 230 g/mol. The summed E-state index contributed by atoms with van der Waals surface area (Å²) in [4.78, 5) is 22.0. The molecule has 0 aliphatic heterocycles. The second kappa shape index (κ2) is 7.51. The first kappa shape index (κ1) is 14.2. The minimum Gasteiger partial charge on any atom is -0.481 e. The number of Topliss-reactive ketones (excluding diaryl/α,β-unsaturated/α-hetero) is 1. The van der Waals surface area contributed by atoms with Gasteiger partial charge in [-0.3, -0.25) is 9.59 Å². The van der Waals surface area contributed by atoms with Crippen molar-refractivity contribution in [3.05, 3.63) is 12.7 Å². The zero-order chi connectivity index (χ0) is 11.8. The first-order valence-electron chi connectivity index (χ1n) is 4.94. The highest BCUT2D eigenvalue weighted by atomic mass is 32.2. The number of carboxylic acid groups (broad SMARTS) is 1. The molecule has 0 amide bonds. The van der Waals surface area contributed by atoms with E-state index < -0.39 is 5.97 Å². The Morgan fingerprint density at radius 2 is 2.07 bits per heavy atom. The van der Waals surface area contributed by atoms with Gasteiger partial charge in [-0.25, -0.2) is 0 Å². The molecule has 0 bridgehead atoms. The minimum atomic E-state index is -1.05. The van der Waals surface area contributed by atoms with E-state index in [-0.39, 0.29) is 17.5 Å². The number of rotatable bonds is 8. The number of hydrogen-bond acceptors (Lipinski definition) is 3. The van der Waals surface area contributed by atoms with Gasteiger partial charge in [-0.1, -0.05) is 19.9 Å². The summed E-state index contributed by atoms with van der Waals surface area (Å²) >= 11 is 1.47. The molecule has 86 valence electrons. The van der Waals surface area contributed by atoms with Gasteiger partial charge >= 0.3 is 5.97 Å². The van der Waals surface area contributed by atoms with Gasteiger partial charge in [0.05, 0.1) is 5.25 Å². The van der Waals surface area contributed by atoms with E-state index in [2.05, 4.69) is 6.58 Å². The number of aliphatic carboxylic acids is 1. The summed E-state index contributed by atoms with van der Waals surface area (Å²) in [7, 11) is 0. The van der Waals surface area contributed by atoms with E-state index >= 15 is 0 Å². The predicted molar refractivity (Wildman–Crippen MR) is 63.2 cm³/mol. The lowest BCUT2D eigenvalue weighted by atomic mass is 10.0. The highest BCUT2D eigenvalue weighted by Gasteiger charge is 2.21. The van der Waals surface area contributed by atoms with Crippen LogP contribution in [0.4, 0.5) is 0 Å². The van der Waals surface area contributed by atoms with Crippen molar-refractivity contribution < 1.29 is 14.7 Å². The quantitative estimate of drug-likeness (QED) is 0.514. The number of ketones is 1. The Hall–Kier alpha value is -0.770. The largest absolute Gasteiger partial charge is 0.481 e. The number of thioether (sulfide) groups is 1. The molecule has 3 nitrogen and oxygen atoms in total. The lowest BCUT2D eigenvalue weighted by molar-refractivity contribution is -0.140. The maximum atomic E-state index is 11.6. The van der Waals surface area contributed by atoms with Gasteiger partial charge in [0.25, 0.3) is 0 Å². The molecule has 0 saturated carbocycles. The summed E-state index contributed by atoms with van der Waals surface area (Å²) in [6, 6.07) is 0. The summed E-state index contributed by atoms with van der Waals surface area (Å²) in [6.07, 6.45) is 2.08. The van der Waals surface area contributed by atoms with E-state index in [1.165, 1.54) is 11.8 Å². The fraction of sp³-hybridized carbons (Fsp3) is 0.636. The standard InChI is InChI=1S/C11H18O3S/c1-4-5-15-10(6-8(2)3)9(12)7-11(13)14/h4,8,10H,1,5-7H2,2-3H3,(H,13,14). The van der Waals surface area contributed by atoms with E-state index in [1.807, 2.05) is 13.8 Å². The zero-order valence-electron chi connectivity index (χ0n) is 9.23. The second-order valence-corrected chi connectivity index (χ2v) is 5.01. The van der Waals surface area contributed by atoms with Crippen LogP contribution in [-0.4, -0.2) is 27.9 Å². The molecule has 0 aliphatic carbocycles. The van der Waals surface area contributed by atoms with E-state index in [1.54, 1.807) is 6.08 Å². The zero-order valence-corrected chi connectivity index (χ0v) is 10.0. The molecule has 0 saturated heterocycles. The van der Waals surface area contributed by atoms with Crippen LogP contribution in [0.25, 0.3) is 0 Å². The molecule has 1 atom stereocenters. The van der Waals surface area contributed by atoms with Crippen molar-refractivity contribution in [3.63, 3.8) is 0 Å². The van der Waals surface area contributed by atoms with Crippen LogP contribution in [0.2, 0.25) is 0 Å². The van der Waals surface area contributed by atoms with E-state index in [9.17, 15) is 9.59 Å². The second-order valence-electron chi connectivity index (χ2n) is 3.78. The average Bonchev–Trinajstić information content (AvgIpc) is 2.10. The molecule has 4 heteroatoms. The first-order chi connectivity index (χ1) is 6.97. The highest BCUT2D eigenvalue weighted by molar-refractivity contribution is 8.00. The molecule has 1 unspecified atom stereocenters. The van der Waals surface area contributed by atoms with Gasteiger partial charge < -0.3 is 5.11 Å². The van der Waals surface area contributed by atoms with Crippen LogP contribution in [-0.2, 0) is 9.59 Å². The molecule has 0 rings (SSSR count). The van der Waals surface area contributed by atoms with Crippen LogP contribution in [0.15, 0.2) is 12.7 Å². The van der Waals surface area contributed by atoms with Crippen molar-refractivity contribution in [2.75, 3.05) is 5.75 Å². The summed E-state index contributed by atoms with van der Waals surface area (Å²) in [5.41, 5.74) is 0. The molecule has 0 radical (unpaired) electrons. The van der Waals surface area contributed by atoms with Crippen LogP contribution in [0.3, 0.4) is 0 Å². The van der Waals surface area contributed by atoms with Crippen molar-refractivity contribution in [2.24, 2.45) is 5.92 Å². The van der Waals surface area contributed by atoms with Crippen molar-refractivity contribution in [1.82, 2.24) is 0 Å². The van der Waals surface area contributed by atoms with Crippen molar-refractivity contribution in [2.45, 2.75) is 31.9 Å². The summed E-state index contributed by atoms with van der Waals surface area (Å²) in [5.74, 6) is -0.163. The predicted octanol–water partition coefficient (Wildman–Crippen LogP) is 2.36. The summed E-state index contributed by atoms with van der Waals surface area (Å²) < 4.78 is 0. The molecule has 0 aromatic heterocycles. The molecular weight excluding hydrogens is 212 g/mol. The van der Waals surface area contributed by atoms with E-state index in [4.69, 9.17) is 5.11 Å². The lowest BCUT2D eigenvalue weighted by Crippen LogP contribution is -2.22. The average molecular weight is 230 g/mol. The molecule has 15 heavy (non-hydrogen) atoms. The Morgan fingerprint density at radius 3 is 2.47 bits per heavy atom. The van der Waals surface area contributed by atoms with Gasteiger partial charge in [0.15, 0.2) is 5.78 Å². The van der Waals surface area contributed by atoms with Crippen LogP contribution >= 0.6 is 11.8 Å². The molecule has 0 heterocycles. The van der Waals surface area contributed by atoms with Gasteiger partial charge in [-0.05, 0) is 12.3 Å². The maximum Gasteiger partial charge on any atom is 0.310 e. The third kappa shape index (κ3) is 7.19. The summed E-state index contributed by atoms with van der Waals surface area (Å²) in [6.45, 7) is 7.63. The molecule has 0 spiro atoms. The normalized spacial score (nSPS) is 12.5. The SMILES string of the molecule is C=CCSC(CC(C)C)C(=O)CC(=O)O. The van der Waals surface area contributed by atoms with Crippen molar-refractivity contribution in [3.8, 4) is 0 Å². The lowest BCUT2D eigenvalue weighted by Gasteiger charge is -2.15. The van der Waals surface area contributed by atoms with E-state index in [0.717, 1.165) is 6.42 Å². The van der Waals surface area contributed by atoms with Crippen molar-refractivity contribution in [1.29, 1.82) is 0 Å². The first-order valence-corrected chi connectivity index (χ1v) is 5.99. The molecule has 0 aromatic rings. The Morgan fingerprint density at radius 1 is 1.47 bits per heavy atom. The third-order valence-corrected chi connectivity index (χ3v) is 3.07. The molecule has 0 aliphatic rings. The highest BCUT2D eigenvalue weighted by Crippen LogP contribution is 2.21. The van der Waals surface area contributed by atoms with Gasteiger partial charge in [0, 0.05) is 5.75 Å². The number of hydrogen-bond donors (Lipinski definition) is 1. The molecular formula is C11H18O3S. The van der Waals surface area contributed by atoms with Gasteiger partial charge in [-0.2, -0.15) is 0 Å². The van der Waals surface area contributed by atoms with Crippen molar-refractivity contribution >= 4 is 23.5 Å². The molecule has 1 N–H and O–H groups in total. The van der Waals surface area contributed by atoms with Crippen LogP contribution < -0.4 is 0 Å². The Labute approximate surface area is 94.9 Å². The third-order valence-electron chi connectivity index (χ3n) is 1.79. The number of carbonyl (C=O) groups is 2. The molecule has 0 fully saturated rings. The van der Waals surface area contributed by atoms with E-state index in [0.29, 0.717) is 11.7 Å². The van der Waals surface area contributed by atoms with Gasteiger partial charge in [0.2, 0.25) is 0 Å². The van der Waals surface area contributed by atoms with Crippen LogP contribution in [0.5, 0.6) is 0 Å². The summed E-state index contributed by atoms with van der Waals surface area (Å²) in [5, 5.41) is 8.33. The number of carbonyl (C=O) groups excluding carboxylic acids is 1. The Bertz CT molecular complexity index is 236. The minimum absolute atomic E-state index is 0.192. The molecule has 0 aromatic carbocycles. The van der Waals surface area contributed by atoms with Gasteiger partial charge in [0.1, 0.15) is 6.42 Å². The number of carboxylic acids is 1. The maximum absolute atomic E-state index is 11.6. The van der Waals surface area contributed by atoms with Gasteiger partial charge in [-0.15, -0.1) is 18.3 Å². The Kier molecular flexibility index (Phi) is 7.13. The Balaban J connectivity index is 4.25. The smallest absolute Gasteiger partial charge is 0.310 e. The van der Waals surface area contributed by atoms with Crippen LogP contribution in [0, 0.1) is 5.92 Å². The fourth-order valence-corrected chi connectivity index (χ4v) is 2.33.